The SMILES string of the molecule is CC(O)CC(C)(N[S@+]([O-])C(C)(C)C)c1cccc(Br)c1. The van der Waals surface area contributed by atoms with Gasteiger partial charge in [0.15, 0.2) is 0 Å². The lowest BCUT2D eigenvalue weighted by Gasteiger charge is -2.36. The number of aliphatic hydroxyl groups excluding tert-OH is 1. The molecule has 114 valence electrons. The van der Waals surface area contributed by atoms with Gasteiger partial charge in [0.25, 0.3) is 0 Å². The summed E-state index contributed by atoms with van der Waals surface area (Å²) in [5.74, 6) is 0. The first-order valence-corrected chi connectivity index (χ1v) is 8.63. The first-order valence-electron chi connectivity index (χ1n) is 6.68. The van der Waals surface area contributed by atoms with Crippen LogP contribution in [0.5, 0.6) is 0 Å². The fourth-order valence-electron chi connectivity index (χ4n) is 2.00. The van der Waals surface area contributed by atoms with Gasteiger partial charge < -0.3 is 9.66 Å². The predicted molar refractivity (Wildman–Crippen MR) is 88.8 cm³/mol. The highest BCUT2D eigenvalue weighted by Gasteiger charge is 2.37. The van der Waals surface area contributed by atoms with E-state index in [-0.39, 0.29) is 4.75 Å². The normalized spacial score (nSPS) is 18.4. The maximum atomic E-state index is 12.4. The molecule has 1 aromatic rings. The molecule has 0 amide bonds. The summed E-state index contributed by atoms with van der Waals surface area (Å²) in [6, 6.07) is 7.88. The molecule has 0 radical (unpaired) electrons. The second-order valence-electron chi connectivity index (χ2n) is 6.38. The smallest absolute Gasteiger partial charge is 0.136 e. The van der Waals surface area contributed by atoms with Crippen LogP contribution in [0.25, 0.3) is 0 Å². The molecule has 0 aliphatic carbocycles. The van der Waals surface area contributed by atoms with Crippen molar-refractivity contribution in [3.63, 3.8) is 0 Å². The standard InChI is InChI=1S/C15H24BrNO2S/c1-11(18)10-15(5,17-20(19)14(2,3)4)12-7-6-8-13(16)9-12/h6-9,11,17-18H,10H2,1-5H3/t11?,15?,20-/m1/s1. The first kappa shape index (κ1) is 18.0. The van der Waals surface area contributed by atoms with Crippen LogP contribution in [0.3, 0.4) is 0 Å². The molecule has 0 bridgehead atoms. The van der Waals surface area contributed by atoms with E-state index in [1.165, 1.54) is 0 Å². The maximum absolute atomic E-state index is 12.4. The Kier molecular flexibility index (Phi) is 6.11. The van der Waals surface area contributed by atoms with E-state index < -0.39 is 23.0 Å². The van der Waals surface area contributed by atoms with E-state index in [9.17, 15) is 9.66 Å². The minimum Gasteiger partial charge on any atom is -0.598 e. The van der Waals surface area contributed by atoms with Gasteiger partial charge in [-0.2, -0.15) is 0 Å². The minimum absolute atomic E-state index is 0.355. The molecular weight excluding hydrogens is 338 g/mol. The summed E-state index contributed by atoms with van der Waals surface area (Å²) in [6.45, 7) is 9.52. The maximum Gasteiger partial charge on any atom is 0.136 e. The summed E-state index contributed by atoms with van der Waals surface area (Å²) < 4.78 is 16.2. The molecule has 0 saturated heterocycles. The van der Waals surface area contributed by atoms with Crippen molar-refractivity contribution in [2.24, 2.45) is 0 Å². The van der Waals surface area contributed by atoms with Gasteiger partial charge in [0.05, 0.1) is 11.6 Å². The van der Waals surface area contributed by atoms with Crippen LogP contribution in [0.4, 0.5) is 0 Å². The third kappa shape index (κ3) is 5.04. The molecule has 0 spiro atoms. The average Bonchev–Trinajstić information content (AvgIpc) is 2.26. The van der Waals surface area contributed by atoms with Crippen molar-refractivity contribution in [2.45, 2.75) is 57.4 Å². The molecule has 1 rings (SSSR count). The number of rotatable bonds is 5. The van der Waals surface area contributed by atoms with Crippen molar-refractivity contribution in [3.05, 3.63) is 34.3 Å². The van der Waals surface area contributed by atoms with E-state index in [0.29, 0.717) is 6.42 Å². The van der Waals surface area contributed by atoms with E-state index in [2.05, 4.69) is 20.7 Å². The lowest BCUT2D eigenvalue weighted by atomic mass is 9.88. The number of hydrogen-bond donors (Lipinski definition) is 2. The second-order valence-corrected chi connectivity index (χ2v) is 9.26. The van der Waals surface area contributed by atoms with Crippen molar-refractivity contribution in [1.82, 2.24) is 4.72 Å². The van der Waals surface area contributed by atoms with E-state index in [1.54, 1.807) is 6.92 Å². The quantitative estimate of drug-likeness (QED) is 0.789. The summed E-state index contributed by atoms with van der Waals surface area (Å²) in [5.41, 5.74) is 0.459. The Morgan fingerprint density at radius 1 is 1.35 bits per heavy atom. The number of aliphatic hydroxyl groups is 1. The van der Waals surface area contributed by atoms with Crippen LogP contribution in [-0.2, 0) is 16.9 Å². The van der Waals surface area contributed by atoms with E-state index in [0.717, 1.165) is 10.0 Å². The molecule has 3 nitrogen and oxygen atoms in total. The number of hydrogen-bond acceptors (Lipinski definition) is 3. The zero-order valence-corrected chi connectivity index (χ0v) is 15.1. The molecule has 0 aliphatic heterocycles. The topological polar surface area (TPSA) is 55.3 Å². The molecular formula is C15H24BrNO2S. The van der Waals surface area contributed by atoms with Gasteiger partial charge >= 0.3 is 0 Å². The molecule has 2 unspecified atom stereocenters. The van der Waals surface area contributed by atoms with Gasteiger partial charge in [0.1, 0.15) is 4.75 Å². The molecule has 0 aliphatic rings. The summed E-state index contributed by atoms with van der Waals surface area (Å²) in [5, 5.41) is 9.78. The van der Waals surface area contributed by atoms with Crippen LogP contribution in [-0.4, -0.2) is 20.5 Å². The molecule has 5 heteroatoms. The lowest BCUT2D eigenvalue weighted by molar-refractivity contribution is 0.147. The highest BCUT2D eigenvalue weighted by molar-refractivity contribution is 9.10. The highest BCUT2D eigenvalue weighted by atomic mass is 79.9. The van der Waals surface area contributed by atoms with Gasteiger partial charge in [-0.25, -0.2) is 0 Å². The van der Waals surface area contributed by atoms with E-state index in [1.807, 2.05) is 52.0 Å². The largest absolute Gasteiger partial charge is 0.598 e. The fourth-order valence-corrected chi connectivity index (χ4v) is 3.31. The van der Waals surface area contributed by atoms with Crippen LogP contribution in [0.1, 0.15) is 46.6 Å². The van der Waals surface area contributed by atoms with Crippen molar-refractivity contribution in [3.8, 4) is 0 Å². The second kappa shape index (κ2) is 6.79. The molecule has 0 fully saturated rings. The minimum atomic E-state index is -1.21. The van der Waals surface area contributed by atoms with E-state index >= 15 is 0 Å². The Morgan fingerprint density at radius 2 is 1.95 bits per heavy atom. The van der Waals surface area contributed by atoms with Crippen molar-refractivity contribution < 1.29 is 9.66 Å². The number of nitrogens with one attached hydrogen (secondary N) is 1. The van der Waals surface area contributed by atoms with Gasteiger partial charge in [-0.05, 0) is 58.7 Å². The van der Waals surface area contributed by atoms with Crippen molar-refractivity contribution in [1.29, 1.82) is 0 Å². The number of benzene rings is 1. The monoisotopic (exact) mass is 361 g/mol. The number of halogens is 1. The first-order chi connectivity index (χ1) is 9.04. The molecule has 2 N–H and O–H groups in total. The van der Waals surface area contributed by atoms with Crippen LogP contribution in [0, 0.1) is 0 Å². The molecule has 1 aromatic carbocycles. The van der Waals surface area contributed by atoms with Gasteiger partial charge in [0, 0.05) is 15.8 Å². The summed E-state index contributed by atoms with van der Waals surface area (Å²) in [7, 11) is 0. The Balaban J connectivity index is 3.09. The fraction of sp³-hybridized carbons (Fsp3) is 0.600. The molecule has 20 heavy (non-hydrogen) atoms. The summed E-state index contributed by atoms with van der Waals surface area (Å²) >= 11 is 2.25. The molecule has 0 aromatic heterocycles. The zero-order chi connectivity index (χ0) is 15.6. The average molecular weight is 362 g/mol. The third-order valence-corrected chi connectivity index (χ3v) is 5.28. The van der Waals surface area contributed by atoms with Crippen molar-refractivity contribution >= 4 is 27.3 Å². The van der Waals surface area contributed by atoms with Crippen LogP contribution in [0.2, 0.25) is 0 Å². The van der Waals surface area contributed by atoms with Gasteiger partial charge in [-0.1, -0.05) is 28.1 Å². The molecule has 3 atom stereocenters. The van der Waals surface area contributed by atoms with Crippen LogP contribution >= 0.6 is 15.9 Å². The Bertz CT molecular complexity index is 448. The molecule has 0 saturated carbocycles. The lowest BCUT2D eigenvalue weighted by Crippen LogP contribution is -2.51. The van der Waals surface area contributed by atoms with Gasteiger partial charge in [-0.3, -0.25) is 0 Å². The molecule has 0 heterocycles. The Morgan fingerprint density at radius 3 is 2.40 bits per heavy atom. The van der Waals surface area contributed by atoms with E-state index in [4.69, 9.17) is 0 Å². The van der Waals surface area contributed by atoms with Crippen LogP contribution < -0.4 is 4.72 Å². The van der Waals surface area contributed by atoms with Gasteiger partial charge in [-0.15, -0.1) is 4.72 Å². The summed E-state index contributed by atoms with van der Waals surface area (Å²) in [6.07, 6.45) is 0.00843. The zero-order valence-electron chi connectivity index (χ0n) is 12.7. The van der Waals surface area contributed by atoms with Crippen molar-refractivity contribution in [2.75, 3.05) is 0 Å². The predicted octanol–water partition coefficient (Wildman–Crippen LogP) is 3.49. The Labute approximate surface area is 133 Å². The highest BCUT2D eigenvalue weighted by Crippen LogP contribution is 2.31. The van der Waals surface area contributed by atoms with Crippen LogP contribution in [0.15, 0.2) is 28.7 Å². The summed E-state index contributed by atoms with van der Waals surface area (Å²) in [4.78, 5) is 0. The Hall–Kier alpha value is -0.0700. The third-order valence-electron chi connectivity index (χ3n) is 3.04. The van der Waals surface area contributed by atoms with Gasteiger partial charge in [0.2, 0.25) is 0 Å².